The van der Waals surface area contributed by atoms with Gasteiger partial charge in [-0.2, -0.15) is 0 Å². The minimum atomic E-state index is -0.257. The van der Waals surface area contributed by atoms with Gasteiger partial charge in [0.1, 0.15) is 5.76 Å². The molecule has 3 aromatic rings. The minimum absolute atomic E-state index is 0.257. The Bertz CT molecular complexity index is 801. The lowest BCUT2D eigenvalue weighted by Gasteiger charge is -1.98. The first-order valence-corrected chi connectivity index (χ1v) is 7.11. The van der Waals surface area contributed by atoms with Gasteiger partial charge in [-0.1, -0.05) is 23.5 Å². The molecule has 0 radical (unpaired) electrons. The van der Waals surface area contributed by atoms with Crippen LogP contribution in [-0.4, -0.2) is 10.9 Å². The van der Waals surface area contributed by atoms with Gasteiger partial charge in [0.25, 0.3) is 5.91 Å². The number of para-hydroxylation sites is 1. The van der Waals surface area contributed by atoms with Crippen LogP contribution in [0.25, 0.3) is 10.2 Å². The van der Waals surface area contributed by atoms with Gasteiger partial charge in [-0.3, -0.25) is 10.1 Å². The lowest BCUT2D eigenvalue weighted by atomic mass is 10.2. The molecule has 102 valence electrons. The monoisotopic (exact) mass is 286 g/mol. The lowest BCUT2D eigenvalue weighted by Crippen LogP contribution is -2.11. The van der Waals surface area contributed by atoms with Crippen molar-refractivity contribution in [2.75, 3.05) is 5.32 Å². The van der Waals surface area contributed by atoms with Crippen LogP contribution in [0.1, 0.15) is 27.4 Å². The van der Waals surface area contributed by atoms with Crippen molar-refractivity contribution in [3.8, 4) is 0 Å². The van der Waals surface area contributed by atoms with Crippen molar-refractivity contribution in [3.63, 3.8) is 0 Å². The van der Waals surface area contributed by atoms with Crippen LogP contribution in [0, 0.1) is 20.8 Å². The lowest BCUT2D eigenvalue weighted by molar-refractivity contribution is 0.0994. The Kier molecular flexibility index (Phi) is 3.06. The molecule has 1 aromatic carbocycles. The molecule has 3 rings (SSSR count). The highest BCUT2D eigenvalue weighted by Gasteiger charge is 2.16. The summed E-state index contributed by atoms with van der Waals surface area (Å²) in [5, 5.41) is 3.39. The number of rotatable bonds is 2. The summed E-state index contributed by atoms with van der Waals surface area (Å²) in [6, 6.07) is 7.84. The molecule has 5 heteroatoms. The normalized spacial score (nSPS) is 10.9. The van der Waals surface area contributed by atoms with E-state index >= 15 is 0 Å². The van der Waals surface area contributed by atoms with E-state index in [2.05, 4.69) is 10.3 Å². The van der Waals surface area contributed by atoms with Crippen molar-refractivity contribution in [2.24, 2.45) is 0 Å². The second-order valence-electron chi connectivity index (χ2n) is 4.76. The average Bonchev–Trinajstić information content (AvgIpc) is 2.93. The van der Waals surface area contributed by atoms with Crippen molar-refractivity contribution < 1.29 is 9.21 Å². The minimum Gasteiger partial charge on any atom is -0.456 e. The van der Waals surface area contributed by atoms with E-state index in [0.717, 1.165) is 27.1 Å². The second kappa shape index (κ2) is 4.76. The molecule has 2 aromatic heterocycles. The van der Waals surface area contributed by atoms with Crippen LogP contribution in [-0.2, 0) is 0 Å². The fraction of sp³-hybridized carbons (Fsp3) is 0.200. The van der Waals surface area contributed by atoms with Gasteiger partial charge in [-0.25, -0.2) is 4.98 Å². The van der Waals surface area contributed by atoms with Crippen LogP contribution in [0.4, 0.5) is 5.13 Å². The molecule has 0 atom stereocenters. The molecule has 0 aliphatic heterocycles. The molecule has 0 saturated heterocycles. The topological polar surface area (TPSA) is 55.1 Å². The molecule has 1 amide bonds. The Morgan fingerprint density at radius 1 is 1.25 bits per heavy atom. The Morgan fingerprint density at radius 3 is 2.70 bits per heavy atom. The number of fused-ring (bicyclic) bond motifs is 1. The molecular weight excluding hydrogens is 272 g/mol. The maximum Gasteiger partial charge on any atom is 0.293 e. The van der Waals surface area contributed by atoms with Crippen LogP contribution in [0.5, 0.6) is 0 Å². The molecule has 0 fully saturated rings. The van der Waals surface area contributed by atoms with Crippen molar-refractivity contribution >= 4 is 32.6 Å². The second-order valence-corrected chi connectivity index (χ2v) is 5.79. The predicted molar refractivity (Wildman–Crippen MR) is 80.5 cm³/mol. The van der Waals surface area contributed by atoms with Gasteiger partial charge in [0.2, 0.25) is 0 Å². The van der Waals surface area contributed by atoms with Crippen LogP contribution in [0.3, 0.4) is 0 Å². The average molecular weight is 286 g/mol. The molecule has 0 spiro atoms. The van der Waals surface area contributed by atoms with Crippen molar-refractivity contribution in [2.45, 2.75) is 20.8 Å². The third-order valence-electron chi connectivity index (χ3n) is 3.09. The highest BCUT2D eigenvalue weighted by molar-refractivity contribution is 7.22. The van der Waals surface area contributed by atoms with E-state index in [-0.39, 0.29) is 5.91 Å². The zero-order chi connectivity index (χ0) is 14.3. The first-order valence-electron chi connectivity index (χ1n) is 6.29. The predicted octanol–water partition coefficient (Wildman–Crippen LogP) is 4.07. The number of nitrogens with zero attached hydrogens (tertiary/aromatic N) is 1. The van der Waals surface area contributed by atoms with Crippen molar-refractivity contribution in [1.29, 1.82) is 0 Å². The Labute approximate surface area is 120 Å². The summed E-state index contributed by atoms with van der Waals surface area (Å²) in [7, 11) is 0. The number of carbonyl (C=O) groups is 1. The number of benzene rings is 1. The number of anilines is 1. The van der Waals surface area contributed by atoms with E-state index in [4.69, 9.17) is 4.42 Å². The van der Waals surface area contributed by atoms with Gasteiger partial charge in [0.15, 0.2) is 10.9 Å². The van der Waals surface area contributed by atoms with E-state index < -0.39 is 0 Å². The maximum absolute atomic E-state index is 12.2. The third-order valence-corrected chi connectivity index (χ3v) is 4.02. The van der Waals surface area contributed by atoms with Crippen LogP contribution >= 0.6 is 11.3 Å². The van der Waals surface area contributed by atoms with Gasteiger partial charge in [-0.05, 0) is 38.5 Å². The number of aromatic nitrogens is 1. The highest BCUT2D eigenvalue weighted by atomic mass is 32.1. The highest BCUT2D eigenvalue weighted by Crippen LogP contribution is 2.28. The summed E-state index contributed by atoms with van der Waals surface area (Å²) >= 11 is 1.46. The maximum atomic E-state index is 12.2. The standard InChI is InChI=1S/C15H14N2O2S/c1-8-5-4-6-11-12(8)16-15(20-11)17-14(18)13-9(2)7-10(3)19-13/h4-7H,1-3H3,(H,16,17,18). The molecular formula is C15H14N2O2S. The van der Waals surface area contributed by atoms with Gasteiger partial charge in [-0.15, -0.1) is 0 Å². The Hall–Kier alpha value is -2.14. The summed E-state index contributed by atoms with van der Waals surface area (Å²) in [5.74, 6) is 0.818. The van der Waals surface area contributed by atoms with Crippen LogP contribution in [0.2, 0.25) is 0 Å². The fourth-order valence-corrected chi connectivity index (χ4v) is 3.10. The van der Waals surface area contributed by atoms with Gasteiger partial charge in [0, 0.05) is 5.56 Å². The van der Waals surface area contributed by atoms with E-state index in [1.807, 2.05) is 45.0 Å². The molecule has 20 heavy (non-hydrogen) atoms. The summed E-state index contributed by atoms with van der Waals surface area (Å²) in [6.07, 6.45) is 0. The zero-order valence-electron chi connectivity index (χ0n) is 11.5. The molecule has 2 heterocycles. The van der Waals surface area contributed by atoms with Crippen molar-refractivity contribution in [3.05, 3.63) is 46.9 Å². The summed E-state index contributed by atoms with van der Waals surface area (Å²) in [5.41, 5.74) is 2.86. The van der Waals surface area contributed by atoms with E-state index in [9.17, 15) is 4.79 Å². The SMILES string of the molecule is Cc1cc(C)c(C(=O)Nc2nc3c(C)cccc3s2)o1. The Balaban J connectivity index is 1.91. The molecule has 4 nitrogen and oxygen atoms in total. The van der Waals surface area contributed by atoms with E-state index in [1.54, 1.807) is 0 Å². The summed E-state index contributed by atoms with van der Waals surface area (Å²) < 4.78 is 6.47. The summed E-state index contributed by atoms with van der Waals surface area (Å²) in [6.45, 7) is 5.69. The number of hydrogen-bond acceptors (Lipinski definition) is 4. The van der Waals surface area contributed by atoms with Crippen LogP contribution < -0.4 is 5.32 Å². The zero-order valence-corrected chi connectivity index (χ0v) is 12.3. The molecule has 0 unspecified atom stereocenters. The quantitative estimate of drug-likeness (QED) is 0.772. The fourth-order valence-electron chi connectivity index (χ4n) is 2.16. The van der Waals surface area contributed by atoms with Crippen LogP contribution in [0.15, 0.2) is 28.7 Å². The first-order chi connectivity index (χ1) is 9.54. The number of thiazole rings is 1. The molecule has 0 aliphatic rings. The number of amides is 1. The Morgan fingerprint density at radius 2 is 2.05 bits per heavy atom. The number of hydrogen-bond donors (Lipinski definition) is 1. The number of aryl methyl sites for hydroxylation is 3. The van der Waals surface area contributed by atoms with Crippen molar-refractivity contribution in [1.82, 2.24) is 4.98 Å². The molecule has 0 saturated carbocycles. The first kappa shape index (κ1) is 12.9. The number of carbonyl (C=O) groups excluding carboxylic acids is 1. The smallest absolute Gasteiger partial charge is 0.293 e. The molecule has 1 N–H and O–H groups in total. The summed E-state index contributed by atoms with van der Waals surface area (Å²) in [4.78, 5) is 16.6. The van der Waals surface area contributed by atoms with Gasteiger partial charge < -0.3 is 4.42 Å². The molecule has 0 bridgehead atoms. The van der Waals surface area contributed by atoms with Gasteiger partial charge in [0.05, 0.1) is 10.2 Å². The van der Waals surface area contributed by atoms with Gasteiger partial charge >= 0.3 is 0 Å². The molecule has 0 aliphatic carbocycles. The van der Waals surface area contributed by atoms with E-state index in [1.165, 1.54) is 11.3 Å². The number of furan rings is 1. The van der Waals surface area contributed by atoms with E-state index in [0.29, 0.717) is 10.9 Å². The number of nitrogens with one attached hydrogen (secondary N) is 1. The largest absolute Gasteiger partial charge is 0.456 e. The third kappa shape index (κ3) is 2.20.